The Bertz CT molecular complexity index is 1630. The number of hydrogen-bond acceptors (Lipinski definition) is 11. The van der Waals surface area contributed by atoms with Crippen LogP contribution < -0.4 is 9.47 Å². The Labute approximate surface area is 319 Å². The van der Waals surface area contributed by atoms with Crippen LogP contribution in [0.15, 0.2) is 65.9 Å². The number of fused-ring (bicyclic) bond motifs is 2. The van der Waals surface area contributed by atoms with Crippen LogP contribution in [0, 0.1) is 31.6 Å². The Morgan fingerprint density at radius 1 is 0.981 bits per heavy atom. The van der Waals surface area contributed by atoms with E-state index in [2.05, 4.69) is 37.7 Å². The summed E-state index contributed by atoms with van der Waals surface area (Å²) in [5, 5.41) is 33.6. The second-order valence-corrected chi connectivity index (χ2v) is 14.3. The summed E-state index contributed by atoms with van der Waals surface area (Å²) >= 11 is 0. The van der Waals surface area contributed by atoms with Gasteiger partial charge in [0.05, 0.1) is 45.2 Å². The molecule has 3 N–H and O–H groups in total. The summed E-state index contributed by atoms with van der Waals surface area (Å²) in [6.45, 7) is 8.69. The van der Waals surface area contributed by atoms with Crippen molar-refractivity contribution >= 4 is 11.8 Å². The lowest BCUT2D eigenvalue weighted by molar-refractivity contribution is -0.255. The maximum atomic E-state index is 13.7. The summed E-state index contributed by atoms with van der Waals surface area (Å²) in [6, 6.07) is 11.2. The van der Waals surface area contributed by atoms with E-state index in [1.807, 2.05) is 30.3 Å². The molecule has 2 aliphatic carbocycles. The van der Waals surface area contributed by atoms with Gasteiger partial charge in [0.2, 0.25) is 5.79 Å². The van der Waals surface area contributed by atoms with E-state index >= 15 is 0 Å². The van der Waals surface area contributed by atoms with Gasteiger partial charge in [-0.2, -0.15) is 0 Å². The van der Waals surface area contributed by atoms with E-state index < -0.39 is 23.8 Å². The third kappa shape index (κ3) is 8.95. The van der Waals surface area contributed by atoms with Crippen molar-refractivity contribution in [2.45, 2.75) is 76.5 Å². The van der Waals surface area contributed by atoms with E-state index in [4.69, 9.17) is 28.5 Å². The first-order valence-corrected chi connectivity index (χ1v) is 19.2. The van der Waals surface area contributed by atoms with Crippen LogP contribution in [0.5, 0.6) is 17.2 Å². The molecule has 2 aromatic carbocycles. The average molecular weight is 751 g/mol. The van der Waals surface area contributed by atoms with Crippen molar-refractivity contribution in [3.05, 3.63) is 77.4 Å². The normalized spacial score (nSPS) is 24.8. The molecule has 0 radical (unpaired) electrons. The van der Waals surface area contributed by atoms with Crippen molar-refractivity contribution in [2.24, 2.45) is 22.9 Å². The van der Waals surface area contributed by atoms with Gasteiger partial charge in [-0.25, -0.2) is 4.79 Å². The van der Waals surface area contributed by atoms with Crippen molar-refractivity contribution in [2.75, 3.05) is 60.4 Å². The molecule has 0 aromatic heterocycles. The van der Waals surface area contributed by atoms with Crippen LogP contribution >= 0.6 is 0 Å². The van der Waals surface area contributed by atoms with Crippen LogP contribution in [0.1, 0.15) is 67.6 Å². The molecule has 0 unspecified atom stereocenters. The molecule has 6 atom stereocenters. The molecule has 296 valence electrons. The number of unbranched alkanes of at least 4 members (excludes halogenated alkanes) is 2. The zero-order valence-electron chi connectivity index (χ0n) is 32.2. The van der Waals surface area contributed by atoms with Gasteiger partial charge in [-0.05, 0) is 98.4 Å². The monoisotopic (exact) mass is 750 g/mol. The number of aryl methyl sites for hydroxylation is 2. The lowest BCUT2D eigenvalue weighted by Gasteiger charge is -2.59. The molecular weight excluding hydrogens is 692 g/mol. The zero-order chi connectivity index (χ0) is 38.7. The van der Waals surface area contributed by atoms with Crippen molar-refractivity contribution in [3.63, 3.8) is 0 Å². The van der Waals surface area contributed by atoms with Gasteiger partial charge in [-0.1, -0.05) is 36.2 Å². The summed E-state index contributed by atoms with van der Waals surface area (Å²) < 4.78 is 31.6. The van der Waals surface area contributed by atoms with E-state index in [1.54, 1.807) is 11.0 Å². The van der Waals surface area contributed by atoms with Crippen LogP contribution in [0.4, 0.5) is 4.79 Å². The molecular formula is C42H58N2O10. The molecule has 0 saturated heterocycles. The molecule has 12 nitrogen and oxygen atoms in total. The Balaban J connectivity index is 1.74. The Morgan fingerprint density at radius 2 is 1.72 bits per heavy atom. The van der Waals surface area contributed by atoms with Gasteiger partial charge in [0.1, 0.15) is 30.4 Å². The number of oxime groups is 1. The van der Waals surface area contributed by atoms with E-state index in [9.17, 15) is 20.1 Å². The molecule has 3 aliphatic rings. The Kier molecular flexibility index (Phi) is 15.0. The lowest BCUT2D eigenvalue weighted by Crippen LogP contribution is -2.70. The van der Waals surface area contributed by atoms with Crippen LogP contribution in [0.2, 0.25) is 0 Å². The first-order chi connectivity index (χ1) is 26.3. The number of ether oxygens (including phenoxy) is 5. The third-order valence-corrected chi connectivity index (χ3v) is 11.1. The van der Waals surface area contributed by atoms with Gasteiger partial charge < -0.3 is 43.8 Å². The minimum absolute atomic E-state index is 0.0669. The van der Waals surface area contributed by atoms with E-state index in [-0.39, 0.29) is 70.4 Å². The number of nitrogens with zero attached hydrogens (tertiary/aromatic N) is 2. The van der Waals surface area contributed by atoms with Gasteiger partial charge in [0, 0.05) is 37.7 Å². The van der Waals surface area contributed by atoms with Crippen LogP contribution in [-0.2, 0) is 19.0 Å². The average Bonchev–Trinajstić information content (AvgIpc) is 3.17. The standard InChI is InChI=1S/C42H58N2O10/c1-6-21-52-42-38(44(41(48)49-4)17-22-51-23-20-47)27-36(43-50-5)34-25-30(11-7-9-18-45)33(12-8-10-19-46)39(40(34)42)35-26-32(15-16-37(35)54-42)53-31-14-13-28(2)29(3)24-31/h6,13-16,24-26,30,33,38-40,45-47H,1,7-12,17-23,27H2,2-5H3/t30-,33+,38-,39+,40+,42+/m0/s1. The number of aliphatic hydroxyl groups is 3. The first kappa shape index (κ1) is 41.2. The predicted molar refractivity (Wildman–Crippen MR) is 205 cm³/mol. The number of hydrogen-bond donors (Lipinski definition) is 3. The van der Waals surface area contributed by atoms with Crippen LogP contribution in [0.25, 0.3) is 0 Å². The SMILES string of the molecule is C=CCO[C@@]12Oc3ccc(Oc4ccc(C)c(C)c4)cc3[C@H]3[C@H](CCCCO)[C@@H](CCCCO)C=C(C(=NOC)C[C@@H]1N(CCOCCO)C(=O)OC)[C@H]32. The molecule has 2 aromatic rings. The van der Waals surface area contributed by atoms with Gasteiger partial charge in [0.15, 0.2) is 0 Å². The highest BCUT2D eigenvalue weighted by Gasteiger charge is 2.65. The Morgan fingerprint density at radius 3 is 2.41 bits per heavy atom. The largest absolute Gasteiger partial charge is 0.459 e. The molecule has 1 fully saturated rings. The molecule has 0 bridgehead atoms. The molecule has 1 saturated carbocycles. The lowest BCUT2D eigenvalue weighted by atomic mass is 9.55. The highest BCUT2D eigenvalue weighted by atomic mass is 16.7. The number of amides is 1. The maximum Gasteiger partial charge on any atom is 0.410 e. The van der Waals surface area contributed by atoms with Crippen LogP contribution in [0.3, 0.4) is 0 Å². The molecule has 1 aliphatic heterocycles. The predicted octanol–water partition coefficient (Wildman–Crippen LogP) is 6.44. The van der Waals surface area contributed by atoms with Crippen molar-refractivity contribution in [3.8, 4) is 17.2 Å². The third-order valence-electron chi connectivity index (χ3n) is 11.1. The quantitative estimate of drug-likeness (QED) is 0.0785. The smallest absolute Gasteiger partial charge is 0.410 e. The molecule has 54 heavy (non-hydrogen) atoms. The van der Waals surface area contributed by atoms with Gasteiger partial charge in [-0.15, -0.1) is 6.58 Å². The number of carbonyl (C=O) groups is 1. The summed E-state index contributed by atoms with van der Waals surface area (Å²) in [5.41, 5.74) is 4.88. The summed E-state index contributed by atoms with van der Waals surface area (Å²) in [4.78, 5) is 20.8. The molecule has 12 heteroatoms. The van der Waals surface area contributed by atoms with E-state index in [0.717, 1.165) is 48.1 Å². The highest BCUT2D eigenvalue weighted by Crippen LogP contribution is 2.62. The minimum atomic E-state index is -1.42. The van der Waals surface area contributed by atoms with Crippen molar-refractivity contribution < 1.29 is 48.6 Å². The number of methoxy groups -OCH3 is 1. The fraction of sp³-hybridized carbons (Fsp3) is 0.571. The summed E-state index contributed by atoms with van der Waals surface area (Å²) in [7, 11) is 2.85. The topological polar surface area (TPSA) is 149 Å². The first-order valence-electron chi connectivity index (χ1n) is 19.2. The molecule has 0 spiro atoms. The van der Waals surface area contributed by atoms with Crippen molar-refractivity contribution in [1.82, 2.24) is 4.90 Å². The molecule has 5 rings (SSSR count). The second-order valence-electron chi connectivity index (χ2n) is 14.3. The molecule has 1 amide bonds. The van der Waals surface area contributed by atoms with E-state index in [1.165, 1.54) is 19.8 Å². The van der Waals surface area contributed by atoms with Gasteiger partial charge >= 0.3 is 6.09 Å². The number of allylic oxidation sites excluding steroid dienone is 1. The maximum absolute atomic E-state index is 13.7. The fourth-order valence-electron chi connectivity index (χ4n) is 8.56. The summed E-state index contributed by atoms with van der Waals surface area (Å²) in [5.74, 6) is 0.0954. The van der Waals surface area contributed by atoms with Crippen LogP contribution in [-0.4, -0.2) is 104 Å². The number of rotatable bonds is 20. The second kappa shape index (κ2) is 19.6. The number of benzene rings is 2. The minimum Gasteiger partial charge on any atom is -0.459 e. The highest BCUT2D eigenvalue weighted by molar-refractivity contribution is 6.02. The number of carbonyl (C=O) groups excluding carboxylic acids is 1. The fourth-order valence-corrected chi connectivity index (χ4v) is 8.56. The van der Waals surface area contributed by atoms with E-state index in [0.29, 0.717) is 30.1 Å². The zero-order valence-corrected chi connectivity index (χ0v) is 32.2. The number of aliphatic hydroxyl groups excluding tert-OH is 3. The summed E-state index contributed by atoms with van der Waals surface area (Å²) in [6.07, 6.45) is 8.25. The Hall–Kier alpha value is -3.94. The van der Waals surface area contributed by atoms with Gasteiger partial charge in [0.25, 0.3) is 0 Å². The molecule has 1 heterocycles. The van der Waals surface area contributed by atoms with Gasteiger partial charge in [-0.3, -0.25) is 4.90 Å². The van der Waals surface area contributed by atoms with Crippen molar-refractivity contribution in [1.29, 1.82) is 0 Å².